The maximum absolute atomic E-state index is 12.6. The lowest BCUT2D eigenvalue weighted by Gasteiger charge is -2.05. The van der Waals surface area contributed by atoms with Crippen molar-refractivity contribution in [3.63, 3.8) is 0 Å². The number of hydrogen-bond acceptors (Lipinski definition) is 7. The first kappa shape index (κ1) is 13.2. The number of phenolic OH excluding ortho intramolecular Hbond substituents is 2. The molecule has 112 valence electrons. The van der Waals surface area contributed by atoms with Crippen molar-refractivity contribution in [2.75, 3.05) is 0 Å². The van der Waals surface area contributed by atoms with E-state index in [0.29, 0.717) is 0 Å². The fourth-order valence-electron chi connectivity index (χ4n) is 2.90. The van der Waals surface area contributed by atoms with Crippen molar-refractivity contribution in [2.45, 2.75) is 0 Å². The highest BCUT2D eigenvalue weighted by molar-refractivity contribution is 6.13. The number of benzene rings is 3. The maximum atomic E-state index is 12.6. The molecular formula is C16H6O7. The van der Waals surface area contributed by atoms with Gasteiger partial charge in [0.05, 0.1) is 10.8 Å². The summed E-state index contributed by atoms with van der Waals surface area (Å²) in [5.74, 6) is -1.67. The smallest absolute Gasteiger partial charge is 0.350 e. The first-order valence-corrected chi connectivity index (χ1v) is 6.50. The van der Waals surface area contributed by atoms with E-state index < -0.39 is 55.2 Å². The maximum Gasteiger partial charge on any atom is 0.350 e. The molecule has 0 aliphatic carbocycles. The summed E-state index contributed by atoms with van der Waals surface area (Å²) in [6.45, 7) is 0. The topological polar surface area (TPSA) is 122 Å². The highest BCUT2D eigenvalue weighted by atomic mass is 16.4. The number of rotatable bonds is 0. The Labute approximate surface area is 125 Å². The van der Waals surface area contributed by atoms with Crippen LogP contribution in [0.5, 0.6) is 11.5 Å². The Morgan fingerprint density at radius 2 is 1.04 bits per heavy atom. The fourth-order valence-corrected chi connectivity index (χ4v) is 2.90. The Bertz CT molecular complexity index is 1250. The first-order chi connectivity index (χ1) is 10.9. The molecule has 7 heteroatoms. The molecule has 1 aromatic heterocycles. The van der Waals surface area contributed by atoms with E-state index in [-0.39, 0.29) is 10.8 Å². The molecule has 0 bridgehead atoms. The van der Waals surface area contributed by atoms with Gasteiger partial charge in [-0.3, -0.25) is 9.59 Å². The molecule has 0 saturated heterocycles. The normalized spacial score (nSPS) is 11.7. The molecule has 7 nitrogen and oxygen atoms in total. The summed E-state index contributed by atoms with van der Waals surface area (Å²) >= 11 is 0. The minimum atomic E-state index is -1.18. The van der Waals surface area contributed by atoms with Crippen LogP contribution in [0.1, 0.15) is 0 Å². The van der Waals surface area contributed by atoms with Gasteiger partial charge in [-0.15, -0.1) is 0 Å². The highest BCUT2D eigenvalue weighted by Crippen LogP contribution is 2.36. The van der Waals surface area contributed by atoms with Crippen molar-refractivity contribution >= 4 is 32.3 Å². The molecular weight excluding hydrogens is 304 g/mol. The zero-order valence-electron chi connectivity index (χ0n) is 11.2. The molecule has 4 aromatic rings. The van der Waals surface area contributed by atoms with E-state index in [1.54, 1.807) is 0 Å². The minimum absolute atomic E-state index is 0.0392. The van der Waals surface area contributed by atoms with Crippen LogP contribution in [0.3, 0.4) is 0 Å². The van der Waals surface area contributed by atoms with Crippen molar-refractivity contribution in [3.05, 3.63) is 65.6 Å². The molecule has 0 saturated carbocycles. The van der Waals surface area contributed by atoms with E-state index in [4.69, 9.17) is 0 Å². The van der Waals surface area contributed by atoms with E-state index in [1.807, 2.05) is 0 Å². The number of hydrogen-bond donors (Lipinski definition) is 2. The molecule has 0 radical (unpaired) electrons. The fraction of sp³-hybridized carbons (Fsp3) is 0. The Kier molecular flexibility index (Phi) is 2.32. The van der Waals surface area contributed by atoms with Crippen molar-refractivity contribution in [1.82, 2.24) is 0 Å². The van der Waals surface area contributed by atoms with E-state index in [2.05, 4.69) is 4.42 Å². The molecule has 1 heterocycles. The molecule has 0 aliphatic heterocycles. The lowest BCUT2D eigenvalue weighted by molar-refractivity contribution is 0.478. The third kappa shape index (κ3) is 1.43. The molecule has 0 unspecified atom stereocenters. The van der Waals surface area contributed by atoms with Crippen LogP contribution in [0.15, 0.2) is 47.9 Å². The van der Waals surface area contributed by atoms with Crippen LogP contribution in [-0.2, 0) is 0 Å². The molecule has 0 aliphatic rings. The monoisotopic (exact) mass is 310 g/mol. The second kappa shape index (κ2) is 4.04. The van der Waals surface area contributed by atoms with Crippen LogP contribution in [-0.4, -0.2) is 10.2 Å². The van der Waals surface area contributed by atoms with Gasteiger partial charge in [-0.05, 0) is 0 Å². The van der Waals surface area contributed by atoms with Crippen LogP contribution in [0.2, 0.25) is 0 Å². The minimum Gasteiger partial charge on any atom is -0.506 e. The molecule has 3 aromatic carbocycles. The molecule has 0 fully saturated rings. The summed E-state index contributed by atoms with van der Waals surface area (Å²) in [6, 6.07) is 5.87. The van der Waals surface area contributed by atoms with Crippen LogP contribution in [0.25, 0.3) is 32.3 Å². The van der Waals surface area contributed by atoms with Gasteiger partial charge in [0.2, 0.25) is 0 Å². The summed E-state index contributed by atoms with van der Waals surface area (Å²) in [4.78, 5) is 48.4. The summed E-state index contributed by atoms with van der Waals surface area (Å²) in [6.07, 6.45) is 0. The van der Waals surface area contributed by atoms with E-state index in [0.717, 1.165) is 0 Å². The molecule has 0 atom stereocenters. The van der Waals surface area contributed by atoms with Gasteiger partial charge in [-0.25, -0.2) is 9.59 Å². The quantitative estimate of drug-likeness (QED) is 0.357. The van der Waals surface area contributed by atoms with Gasteiger partial charge in [0.15, 0.2) is 10.9 Å². The van der Waals surface area contributed by atoms with Gasteiger partial charge >= 0.3 is 11.3 Å². The van der Waals surface area contributed by atoms with Gasteiger partial charge in [-0.2, -0.15) is 0 Å². The third-order valence-corrected chi connectivity index (χ3v) is 3.91. The third-order valence-electron chi connectivity index (χ3n) is 3.91. The molecule has 0 spiro atoms. The molecule has 0 amide bonds. The lowest BCUT2D eigenvalue weighted by atomic mass is 9.98. The van der Waals surface area contributed by atoms with E-state index in [9.17, 15) is 29.4 Å². The van der Waals surface area contributed by atoms with E-state index >= 15 is 0 Å². The van der Waals surface area contributed by atoms with Crippen molar-refractivity contribution in [2.24, 2.45) is 0 Å². The van der Waals surface area contributed by atoms with E-state index in [1.165, 1.54) is 24.3 Å². The van der Waals surface area contributed by atoms with Crippen LogP contribution >= 0.6 is 0 Å². The molecule has 2 N–H and O–H groups in total. The number of phenols is 2. The number of furan rings is 1. The van der Waals surface area contributed by atoms with Gasteiger partial charge in [0, 0.05) is 10.8 Å². The average molecular weight is 310 g/mol. The SMILES string of the molecule is O=c1oc(=O)c2c(O)c3c(=O)c4ccccc4c(=O)c3c(O)c12. The van der Waals surface area contributed by atoms with Gasteiger partial charge in [-0.1, -0.05) is 24.3 Å². The highest BCUT2D eigenvalue weighted by Gasteiger charge is 2.26. The second-order valence-corrected chi connectivity index (χ2v) is 5.08. The first-order valence-electron chi connectivity index (χ1n) is 6.50. The van der Waals surface area contributed by atoms with Crippen molar-refractivity contribution < 1.29 is 14.6 Å². The predicted octanol–water partition coefficient (Wildman–Crippen LogP) is 0.467. The van der Waals surface area contributed by atoms with Gasteiger partial charge < -0.3 is 14.6 Å². The summed E-state index contributed by atoms with van der Waals surface area (Å²) < 4.78 is 4.34. The standard InChI is InChI=1S/C16H6O7/c17-11-5-3-1-2-4-6(5)12(18)8-7(11)13(19)9-10(14(8)20)16(22)23-15(9)21/h1-4,19-20H. The number of aromatic hydroxyl groups is 2. The van der Waals surface area contributed by atoms with Crippen LogP contribution in [0, 0.1) is 0 Å². The van der Waals surface area contributed by atoms with Gasteiger partial charge in [0.1, 0.15) is 22.3 Å². The lowest BCUT2D eigenvalue weighted by Crippen LogP contribution is -2.14. The van der Waals surface area contributed by atoms with Crippen LogP contribution < -0.4 is 22.1 Å². The largest absolute Gasteiger partial charge is 0.506 e. The second-order valence-electron chi connectivity index (χ2n) is 5.08. The van der Waals surface area contributed by atoms with Crippen molar-refractivity contribution in [3.8, 4) is 11.5 Å². The predicted molar refractivity (Wildman–Crippen MR) is 82.0 cm³/mol. The zero-order chi connectivity index (χ0) is 16.5. The summed E-state index contributed by atoms with van der Waals surface area (Å²) in [7, 11) is 0. The molecule has 23 heavy (non-hydrogen) atoms. The average Bonchev–Trinajstić information content (AvgIpc) is 2.83. The Morgan fingerprint density at radius 1 is 0.652 bits per heavy atom. The Balaban J connectivity index is 2.56. The Hall–Kier alpha value is -3.48. The zero-order valence-corrected chi connectivity index (χ0v) is 11.2. The summed E-state index contributed by atoms with van der Waals surface area (Å²) in [5.41, 5.74) is -3.81. The van der Waals surface area contributed by atoms with Crippen molar-refractivity contribution in [1.29, 1.82) is 0 Å². The molecule has 4 rings (SSSR count). The Morgan fingerprint density at radius 3 is 1.43 bits per heavy atom. The summed E-state index contributed by atoms with van der Waals surface area (Å²) in [5, 5.41) is 18.4. The number of fused-ring (bicyclic) bond motifs is 3. The van der Waals surface area contributed by atoms with Crippen LogP contribution in [0.4, 0.5) is 0 Å². The van der Waals surface area contributed by atoms with Gasteiger partial charge in [0.25, 0.3) is 0 Å².